The first kappa shape index (κ1) is 39.9. The van der Waals surface area contributed by atoms with Crippen LogP contribution in [0.1, 0.15) is 39.8 Å². The number of phenolic OH excluding ortho intramolecular Hbond substituents is 7. The zero-order chi connectivity index (χ0) is 37.9. The van der Waals surface area contributed by atoms with Gasteiger partial charge in [-0.15, -0.1) is 0 Å². The molecule has 53 heavy (non-hydrogen) atoms. The molecule has 0 fully saturated rings. The zero-order valence-electron chi connectivity index (χ0n) is 27.2. The van der Waals surface area contributed by atoms with Gasteiger partial charge in [0.15, 0.2) is 46.0 Å². The molecule has 0 bridgehead atoms. The van der Waals surface area contributed by atoms with Gasteiger partial charge >= 0.3 is 49.7 Å². The number of ether oxygens (including phenoxy) is 3. The summed E-state index contributed by atoms with van der Waals surface area (Å²) in [5.74, 6) is -11.6. The summed E-state index contributed by atoms with van der Waals surface area (Å²) in [4.78, 5) is 50.6. The van der Waals surface area contributed by atoms with Crippen LogP contribution in [-0.2, 0) is 41.5 Å². The Bertz CT molecular complexity index is 2090. The number of carbonyl (C=O) groups excluding carboxylic acids is 4. The molecule has 4 aromatic carbocycles. The minimum absolute atomic E-state index is 0. The number of hydrogen-bond acceptors (Lipinski definition) is 16. The molecule has 5 rings (SSSR count). The molecule has 7 N–H and O–H groups in total. The van der Waals surface area contributed by atoms with Crippen LogP contribution in [-0.4, -0.2) is 110 Å². The van der Waals surface area contributed by atoms with E-state index >= 15 is 0 Å². The van der Waals surface area contributed by atoms with Gasteiger partial charge in [-0.1, -0.05) is 24.3 Å². The van der Waals surface area contributed by atoms with Crippen molar-refractivity contribution in [2.24, 2.45) is 0 Å². The number of aromatic hydroxyl groups is 7. The standard InChI is InChI=1S/C36H30O16.Ca/c37-20-6-1-16(11-24(20)41)13-27(34(45)46)50-29(44)10-5-18-3-9-23(40)33-30(18)31(32(52-33)19-4-8-22(39)26(43)15-19)36(49)51-28(35(47)48)14-17-2-7-21(38)25(42)12-17;/h1-12,15,27-28,31-32,37-43H,13-14H2,(H,45,46)(H,47,48);/q;+2/p-2/b10-5+;/t27-,28-,31+,32-;/m1./s1. The van der Waals surface area contributed by atoms with Crippen molar-refractivity contribution in [3.63, 3.8) is 0 Å². The number of rotatable bonds is 12. The molecule has 16 nitrogen and oxygen atoms in total. The van der Waals surface area contributed by atoms with Crippen molar-refractivity contribution < 1.29 is 79.3 Å². The number of carbonyl (C=O) groups is 4. The molecule has 0 radical (unpaired) electrons. The van der Waals surface area contributed by atoms with Gasteiger partial charge in [0.1, 0.15) is 24.2 Å². The van der Waals surface area contributed by atoms with Gasteiger partial charge in [0, 0.05) is 24.5 Å². The first-order chi connectivity index (χ1) is 24.6. The van der Waals surface area contributed by atoms with E-state index in [-0.39, 0.29) is 71.3 Å². The van der Waals surface area contributed by atoms with E-state index in [0.29, 0.717) is 0 Å². The van der Waals surface area contributed by atoms with Gasteiger partial charge in [-0.25, -0.2) is 4.79 Å². The van der Waals surface area contributed by atoms with Crippen LogP contribution in [0.4, 0.5) is 0 Å². The van der Waals surface area contributed by atoms with Gasteiger partial charge in [-0.05, 0) is 70.8 Å². The van der Waals surface area contributed by atoms with Crippen LogP contribution in [0.3, 0.4) is 0 Å². The molecule has 270 valence electrons. The topological polar surface area (TPSA) is 284 Å². The summed E-state index contributed by atoms with van der Waals surface area (Å²) in [5.41, 5.74) is 0.269. The first-order valence-corrected chi connectivity index (χ1v) is 15.2. The van der Waals surface area contributed by atoms with Gasteiger partial charge in [0.25, 0.3) is 0 Å². The Morgan fingerprint density at radius 2 is 1.15 bits per heavy atom. The fourth-order valence-electron chi connectivity index (χ4n) is 5.48. The zero-order valence-corrected chi connectivity index (χ0v) is 29.4. The van der Waals surface area contributed by atoms with Crippen LogP contribution in [0.5, 0.6) is 46.0 Å². The number of esters is 2. The van der Waals surface area contributed by atoms with Crippen LogP contribution in [0.15, 0.2) is 72.8 Å². The van der Waals surface area contributed by atoms with E-state index in [1.54, 1.807) is 0 Å². The molecule has 0 aromatic heterocycles. The molecule has 4 aromatic rings. The Labute approximate surface area is 329 Å². The summed E-state index contributed by atoms with van der Waals surface area (Å²) >= 11 is 0. The molecular weight excluding hydrogens is 728 g/mol. The monoisotopic (exact) mass is 756 g/mol. The van der Waals surface area contributed by atoms with Gasteiger partial charge in [-0.2, -0.15) is 0 Å². The Balaban J connectivity index is 0.00000627. The minimum Gasteiger partial charge on any atom is -0.546 e. The third-order valence-electron chi connectivity index (χ3n) is 8.01. The van der Waals surface area contributed by atoms with Crippen molar-refractivity contribution in [2.75, 3.05) is 0 Å². The number of aliphatic carboxylic acids is 2. The van der Waals surface area contributed by atoms with E-state index in [2.05, 4.69) is 0 Å². The summed E-state index contributed by atoms with van der Waals surface area (Å²) in [6.07, 6.45) is -4.31. The molecule has 0 unspecified atom stereocenters. The summed E-state index contributed by atoms with van der Waals surface area (Å²) < 4.78 is 16.3. The van der Waals surface area contributed by atoms with E-state index in [1.807, 2.05) is 0 Å². The largest absolute Gasteiger partial charge is 2.00 e. The molecule has 0 saturated heterocycles. The van der Waals surface area contributed by atoms with Crippen molar-refractivity contribution in [1.82, 2.24) is 0 Å². The SMILES string of the molecule is O=C(/C=C/c1ccc(O)c2c1[C@H](C(=O)O[C@H](Cc1ccc(O)c(O)c1)C(=O)[O-])[C@@H](c1ccc(O)c(O)c1)O2)O[C@H](Cc1ccc(O)c(O)c1)C(=O)[O-].[Ca+2]. The molecule has 1 aliphatic rings. The van der Waals surface area contributed by atoms with E-state index in [9.17, 15) is 65.1 Å². The molecule has 0 aliphatic carbocycles. The molecule has 1 heterocycles. The number of carboxylic acids is 2. The quantitative estimate of drug-likeness (QED) is 0.0442. The van der Waals surface area contributed by atoms with Crippen molar-refractivity contribution in [1.29, 1.82) is 0 Å². The molecule has 4 atom stereocenters. The predicted octanol–water partition coefficient (Wildman–Crippen LogP) is 0.284. The van der Waals surface area contributed by atoms with E-state index in [0.717, 1.165) is 54.6 Å². The normalized spacial score (nSPS) is 15.7. The van der Waals surface area contributed by atoms with Crippen molar-refractivity contribution in [2.45, 2.75) is 37.1 Å². The Morgan fingerprint density at radius 3 is 1.66 bits per heavy atom. The number of benzene rings is 4. The van der Waals surface area contributed by atoms with Crippen LogP contribution in [0.25, 0.3) is 6.08 Å². The second-order valence-corrected chi connectivity index (χ2v) is 11.6. The maximum absolute atomic E-state index is 13.9. The average molecular weight is 757 g/mol. The minimum atomic E-state index is -1.96. The van der Waals surface area contributed by atoms with E-state index in [1.165, 1.54) is 24.3 Å². The van der Waals surface area contributed by atoms with Crippen LogP contribution in [0, 0.1) is 0 Å². The Kier molecular flexibility index (Phi) is 12.6. The first-order valence-electron chi connectivity index (χ1n) is 15.2. The number of hydrogen-bond donors (Lipinski definition) is 7. The predicted molar refractivity (Wildman–Crippen MR) is 176 cm³/mol. The molecule has 1 aliphatic heterocycles. The summed E-state index contributed by atoms with van der Waals surface area (Å²) in [6, 6.07) is 12.7. The van der Waals surface area contributed by atoms with Crippen molar-refractivity contribution in [3.8, 4) is 46.0 Å². The molecule has 17 heteroatoms. The Morgan fingerprint density at radius 1 is 0.660 bits per heavy atom. The van der Waals surface area contributed by atoms with Crippen LogP contribution < -0.4 is 14.9 Å². The average Bonchev–Trinajstić information content (AvgIpc) is 3.50. The third-order valence-corrected chi connectivity index (χ3v) is 8.01. The van der Waals surface area contributed by atoms with Gasteiger partial charge in [0.2, 0.25) is 0 Å². The van der Waals surface area contributed by atoms with Crippen molar-refractivity contribution in [3.05, 3.63) is 101 Å². The second kappa shape index (κ2) is 16.7. The number of phenols is 7. The third kappa shape index (κ3) is 9.15. The summed E-state index contributed by atoms with van der Waals surface area (Å²) in [6.45, 7) is 0. The fourth-order valence-corrected chi connectivity index (χ4v) is 5.48. The molecular formula is C36H28CaO16. The van der Waals surface area contributed by atoms with E-state index < -0.39 is 101 Å². The maximum atomic E-state index is 13.9. The smallest absolute Gasteiger partial charge is 0.546 e. The number of fused-ring (bicyclic) bond motifs is 1. The van der Waals surface area contributed by atoms with E-state index in [4.69, 9.17) is 14.2 Å². The fraction of sp³-hybridized carbons (Fsp3) is 0.167. The van der Waals surface area contributed by atoms with Gasteiger partial charge in [0.05, 0.1) is 11.9 Å². The second-order valence-electron chi connectivity index (χ2n) is 11.6. The number of carboxylic acid groups (broad SMARTS) is 2. The van der Waals surface area contributed by atoms with Crippen LogP contribution >= 0.6 is 0 Å². The summed E-state index contributed by atoms with van der Waals surface area (Å²) in [5, 5.41) is 93.3. The van der Waals surface area contributed by atoms with Gasteiger partial charge < -0.3 is 69.8 Å². The maximum Gasteiger partial charge on any atom is 2.00 e. The summed E-state index contributed by atoms with van der Waals surface area (Å²) in [7, 11) is 0. The van der Waals surface area contributed by atoms with Crippen molar-refractivity contribution >= 4 is 67.7 Å². The molecule has 0 saturated carbocycles. The molecule has 0 amide bonds. The van der Waals surface area contributed by atoms with Gasteiger partial charge in [-0.3, -0.25) is 4.79 Å². The molecule has 0 spiro atoms. The Hall–Kier alpha value is -5.84. The van der Waals surface area contributed by atoms with Crippen LogP contribution in [0.2, 0.25) is 0 Å².